The first-order valence-electron chi connectivity index (χ1n) is 5.31. The Balaban J connectivity index is 3.27. The van der Waals surface area contributed by atoms with E-state index in [-0.39, 0.29) is 28.9 Å². The SMILES string of the molecule is CCN(CCC#N)c1nc(Cl)nc(C)c1[N+](=O)[O-]. The van der Waals surface area contributed by atoms with Crippen molar-refractivity contribution in [2.75, 3.05) is 18.0 Å². The minimum Gasteiger partial charge on any atom is -0.350 e. The molecule has 1 aromatic heterocycles. The Kier molecular flexibility index (Phi) is 4.80. The number of aryl methyl sites for hydroxylation is 1. The Morgan fingerprint density at radius 2 is 2.22 bits per heavy atom. The van der Waals surface area contributed by atoms with Crippen LogP contribution in [0.15, 0.2) is 0 Å². The molecule has 1 aromatic rings. The molecule has 96 valence electrons. The summed E-state index contributed by atoms with van der Waals surface area (Å²) in [5.41, 5.74) is 0.0459. The van der Waals surface area contributed by atoms with Crippen molar-refractivity contribution in [2.45, 2.75) is 20.3 Å². The van der Waals surface area contributed by atoms with Gasteiger partial charge in [0.05, 0.1) is 17.4 Å². The highest BCUT2D eigenvalue weighted by Crippen LogP contribution is 2.29. The van der Waals surface area contributed by atoms with E-state index in [1.165, 1.54) is 6.92 Å². The standard InChI is InChI=1S/C10H12ClN5O2/c1-3-15(6-4-5-12)9-8(16(17)18)7(2)13-10(11)14-9/h3-4,6H2,1-2H3. The molecule has 0 bridgehead atoms. The van der Waals surface area contributed by atoms with Crippen molar-refractivity contribution in [2.24, 2.45) is 0 Å². The van der Waals surface area contributed by atoms with E-state index in [1.54, 1.807) is 4.90 Å². The van der Waals surface area contributed by atoms with Gasteiger partial charge in [-0.2, -0.15) is 10.2 Å². The van der Waals surface area contributed by atoms with Crippen LogP contribution in [0.2, 0.25) is 5.28 Å². The molecule has 8 heteroatoms. The summed E-state index contributed by atoms with van der Waals surface area (Å²) < 4.78 is 0. The molecule has 0 aromatic carbocycles. The van der Waals surface area contributed by atoms with Gasteiger partial charge in [-0.15, -0.1) is 0 Å². The van der Waals surface area contributed by atoms with E-state index in [2.05, 4.69) is 9.97 Å². The van der Waals surface area contributed by atoms with Gasteiger partial charge in [-0.3, -0.25) is 10.1 Å². The van der Waals surface area contributed by atoms with Crippen LogP contribution in [0.5, 0.6) is 0 Å². The van der Waals surface area contributed by atoms with Crippen molar-refractivity contribution < 1.29 is 4.92 Å². The van der Waals surface area contributed by atoms with Gasteiger partial charge >= 0.3 is 5.69 Å². The molecule has 0 N–H and O–H groups in total. The van der Waals surface area contributed by atoms with E-state index < -0.39 is 4.92 Å². The summed E-state index contributed by atoms with van der Waals surface area (Å²) in [6.45, 7) is 4.19. The largest absolute Gasteiger partial charge is 0.350 e. The summed E-state index contributed by atoms with van der Waals surface area (Å²) in [5.74, 6) is 0.162. The normalized spacial score (nSPS) is 9.89. The second-order valence-electron chi connectivity index (χ2n) is 3.50. The van der Waals surface area contributed by atoms with Crippen molar-refractivity contribution in [3.63, 3.8) is 0 Å². The van der Waals surface area contributed by atoms with Crippen LogP contribution in [0.3, 0.4) is 0 Å². The maximum atomic E-state index is 11.0. The van der Waals surface area contributed by atoms with Gasteiger partial charge in [0.15, 0.2) is 0 Å². The molecule has 0 unspecified atom stereocenters. The Hall–Kier alpha value is -1.94. The number of hydrogen-bond acceptors (Lipinski definition) is 6. The predicted octanol–water partition coefficient (Wildman–Crippen LogP) is 2.09. The number of anilines is 1. The average Bonchev–Trinajstić information content (AvgIpc) is 2.28. The highest BCUT2D eigenvalue weighted by molar-refractivity contribution is 6.28. The third-order valence-electron chi connectivity index (χ3n) is 2.37. The van der Waals surface area contributed by atoms with Gasteiger partial charge in [-0.05, 0) is 25.4 Å². The molecule has 0 aliphatic heterocycles. The zero-order valence-electron chi connectivity index (χ0n) is 10.1. The number of aromatic nitrogens is 2. The van der Waals surface area contributed by atoms with Crippen LogP contribution in [0.25, 0.3) is 0 Å². The lowest BCUT2D eigenvalue weighted by atomic mass is 10.3. The fourth-order valence-electron chi connectivity index (χ4n) is 1.55. The van der Waals surface area contributed by atoms with E-state index in [1.807, 2.05) is 13.0 Å². The lowest BCUT2D eigenvalue weighted by molar-refractivity contribution is -0.385. The lowest BCUT2D eigenvalue weighted by Gasteiger charge is -2.20. The molecule has 0 saturated carbocycles. The van der Waals surface area contributed by atoms with E-state index >= 15 is 0 Å². The quantitative estimate of drug-likeness (QED) is 0.461. The Morgan fingerprint density at radius 3 is 2.72 bits per heavy atom. The molecule has 1 heterocycles. The maximum Gasteiger partial charge on any atom is 0.332 e. The van der Waals surface area contributed by atoms with Crippen LogP contribution in [0.4, 0.5) is 11.5 Å². The highest BCUT2D eigenvalue weighted by Gasteiger charge is 2.25. The number of halogens is 1. The third-order valence-corrected chi connectivity index (χ3v) is 2.54. The first-order chi connectivity index (χ1) is 8.51. The van der Waals surface area contributed by atoms with Crippen LogP contribution in [0.1, 0.15) is 19.0 Å². The monoisotopic (exact) mass is 269 g/mol. The van der Waals surface area contributed by atoms with Gasteiger partial charge in [0.2, 0.25) is 11.1 Å². The second kappa shape index (κ2) is 6.12. The minimum absolute atomic E-state index is 0.0384. The molecular weight excluding hydrogens is 258 g/mol. The van der Waals surface area contributed by atoms with E-state index in [0.717, 1.165) is 0 Å². The first kappa shape index (κ1) is 14.1. The average molecular weight is 270 g/mol. The van der Waals surface area contributed by atoms with Crippen LogP contribution in [-0.2, 0) is 0 Å². The van der Waals surface area contributed by atoms with Crippen LogP contribution in [-0.4, -0.2) is 28.0 Å². The summed E-state index contributed by atoms with van der Waals surface area (Å²) in [4.78, 5) is 19.8. The predicted molar refractivity (Wildman–Crippen MR) is 66.6 cm³/mol. The van der Waals surface area contributed by atoms with Gasteiger partial charge in [-0.25, -0.2) is 4.98 Å². The van der Waals surface area contributed by atoms with Crippen molar-refractivity contribution >= 4 is 23.1 Å². The zero-order valence-corrected chi connectivity index (χ0v) is 10.8. The summed E-state index contributed by atoms with van der Waals surface area (Å²) >= 11 is 5.73. The maximum absolute atomic E-state index is 11.0. The van der Waals surface area contributed by atoms with Crippen LogP contribution < -0.4 is 4.90 Å². The fourth-order valence-corrected chi connectivity index (χ4v) is 1.76. The number of rotatable bonds is 5. The minimum atomic E-state index is -0.532. The van der Waals surface area contributed by atoms with Crippen molar-refractivity contribution in [3.05, 3.63) is 21.1 Å². The molecule has 1 rings (SSSR count). The molecule has 0 aliphatic carbocycles. The van der Waals surface area contributed by atoms with Crippen LogP contribution >= 0.6 is 11.6 Å². The van der Waals surface area contributed by atoms with Gasteiger partial charge < -0.3 is 4.90 Å². The van der Waals surface area contributed by atoms with Crippen molar-refractivity contribution in [1.82, 2.24) is 9.97 Å². The van der Waals surface area contributed by atoms with Gasteiger partial charge in [0, 0.05) is 13.1 Å². The van der Waals surface area contributed by atoms with E-state index in [4.69, 9.17) is 16.9 Å². The summed E-state index contributed by atoms with van der Waals surface area (Å²) in [6, 6.07) is 1.99. The summed E-state index contributed by atoms with van der Waals surface area (Å²) in [6.07, 6.45) is 0.256. The molecule has 0 saturated heterocycles. The Bertz CT molecular complexity index is 500. The number of hydrogen-bond donors (Lipinski definition) is 0. The lowest BCUT2D eigenvalue weighted by Crippen LogP contribution is -2.26. The molecular formula is C10H12ClN5O2. The molecule has 7 nitrogen and oxygen atoms in total. The summed E-state index contributed by atoms with van der Waals surface area (Å²) in [5, 5.41) is 19.6. The van der Waals surface area contributed by atoms with Crippen molar-refractivity contribution in [1.29, 1.82) is 5.26 Å². The third kappa shape index (κ3) is 3.05. The van der Waals surface area contributed by atoms with Crippen LogP contribution in [0, 0.1) is 28.4 Å². The topological polar surface area (TPSA) is 96.0 Å². The van der Waals surface area contributed by atoms with E-state index in [9.17, 15) is 10.1 Å². The van der Waals surface area contributed by atoms with Crippen molar-refractivity contribution in [3.8, 4) is 6.07 Å². The number of nitrogens with zero attached hydrogens (tertiary/aromatic N) is 5. The first-order valence-corrected chi connectivity index (χ1v) is 5.69. The second-order valence-corrected chi connectivity index (χ2v) is 3.83. The van der Waals surface area contributed by atoms with Gasteiger partial charge in [-0.1, -0.05) is 0 Å². The molecule has 0 spiro atoms. The zero-order chi connectivity index (χ0) is 13.7. The van der Waals surface area contributed by atoms with Gasteiger partial charge in [0.1, 0.15) is 5.69 Å². The number of nitro groups is 1. The Labute approximate surface area is 109 Å². The van der Waals surface area contributed by atoms with Gasteiger partial charge in [0.25, 0.3) is 0 Å². The number of nitriles is 1. The molecule has 0 amide bonds. The molecule has 0 fully saturated rings. The summed E-state index contributed by atoms with van der Waals surface area (Å²) in [7, 11) is 0. The molecule has 0 atom stereocenters. The molecule has 18 heavy (non-hydrogen) atoms. The molecule has 0 radical (unpaired) electrons. The van der Waals surface area contributed by atoms with E-state index in [0.29, 0.717) is 13.1 Å². The Morgan fingerprint density at radius 1 is 1.56 bits per heavy atom. The molecule has 0 aliphatic rings. The highest BCUT2D eigenvalue weighted by atomic mass is 35.5. The smallest absolute Gasteiger partial charge is 0.332 e. The fraction of sp³-hybridized carbons (Fsp3) is 0.500.